The van der Waals surface area contributed by atoms with E-state index in [9.17, 15) is 9.90 Å². The Morgan fingerprint density at radius 2 is 1.62 bits per heavy atom. The van der Waals surface area contributed by atoms with Gasteiger partial charge in [0.05, 0.1) is 34.0 Å². The number of fused-ring (bicyclic) bond motifs is 4. The molecule has 3 aromatic rings. The molecule has 0 saturated carbocycles. The summed E-state index contributed by atoms with van der Waals surface area (Å²) < 4.78 is 40.9. The van der Waals surface area contributed by atoms with Crippen LogP contribution >= 0.6 is 0 Å². The average Bonchev–Trinajstić information content (AvgIpc) is 3.42. The van der Waals surface area contributed by atoms with Gasteiger partial charge in [0, 0.05) is 16.7 Å². The number of aliphatic hydroxyl groups is 1. The third-order valence-electron chi connectivity index (χ3n) is 7.59. The lowest BCUT2D eigenvalue weighted by atomic mass is 9.73. The second-order valence-corrected chi connectivity index (χ2v) is 9.77. The van der Waals surface area contributed by atoms with E-state index >= 15 is 0 Å². The lowest BCUT2D eigenvalue weighted by molar-refractivity contribution is -0.107. The van der Waals surface area contributed by atoms with Gasteiger partial charge in [0.25, 0.3) is 0 Å². The minimum atomic E-state index is -1.51. The van der Waals surface area contributed by atoms with E-state index in [4.69, 9.17) is 33.2 Å². The summed E-state index contributed by atoms with van der Waals surface area (Å²) in [6.45, 7) is 3.63. The Balaban J connectivity index is 1.87. The van der Waals surface area contributed by atoms with Gasteiger partial charge in [0.2, 0.25) is 18.3 Å². The fraction of sp³-hybridized carbons (Fsp3) is 0.367. The van der Waals surface area contributed by atoms with Crippen molar-refractivity contribution in [2.45, 2.75) is 32.0 Å². The zero-order valence-corrected chi connectivity index (χ0v) is 22.8. The van der Waals surface area contributed by atoms with Crippen LogP contribution in [0.2, 0.25) is 0 Å². The van der Waals surface area contributed by atoms with Crippen LogP contribution in [0.15, 0.2) is 42.5 Å². The molecular formula is C30H32O9. The van der Waals surface area contributed by atoms with E-state index in [1.165, 1.54) is 21.3 Å². The largest absolute Gasteiger partial charge is 0.493 e. The lowest BCUT2D eigenvalue weighted by Gasteiger charge is -2.41. The molecule has 1 aliphatic heterocycles. The number of hydrogen-bond donors (Lipinski definition) is 1. The highest BCUT2D eigenvalue weighted by Gasteiger charge is 2.47. The molecule has 206 valence electrons. The lowest BCUT2D eigenvalue weighted by Crippen LogP contribution is -2.43. The van der Waals surface area contributed by atoms with E-state index in [0.29, 0.717) is 63.2 Å². The Bertz CT molecular complexity index is 1400. The molecule has 0 unspecified atom stereocenters. The Morgan fingerprint density at radius 3 is 2.26 bits per heavy atom. The highest BCUT2D eigenvalue weighted by Crippen LogP contribution is 2.59. The summed E-state index contributed by atoms with van der Waals surface area (Å²) in [4.78, 5) is 13.4. The molecule has 2 aliphatic rings. The van der Waals surface area contributed by atoms with Crippen molar-refractivity contribution in [3.8, 4) is 45.6 Å². The molecule has 0 radical (unpaired) electrons. The van der Waals surface area contributed by atoms with E-state index in [1.54, 1.807) is 44.4 Å². The summed E-state index contributed by atoms with van der Waals surface area (Å²) in [5, 5.41) is 12.1. The molecule has 0 fully saturated rings. The molecule has 3 aromatic carbocycles. The van der Waals surface area contributed by atoms with Gasteiger partial charge in [-0.1, -0.05) is 25.1 Å². The van der Waals surface area contributed by atoms with E-state index < -0.39 is 17.7 Å². The van der Waals surface area contributed by atoms with Crippen LogP contribution in [0.4, 0.5) is 0 Å². The summed E-state index contributed by atoms with van der Waals surface area (Å²) in [5.74, 6) is 1.51. The monoisotopic (exact) mass is 536 g/mol. The van der Waals surface area contributed by atoms with Crippen molar-refractivity contribution < 1.29 is 43.1 Å². The van der Waals surface area contributed by atoms with Crippen LogP contribution in [-0.2, 0) is 11.2 Å². The molecule has 39 heavy (non-hydrogen) atoms. The second kappa shape index (κ2) is 10.2. The first kappa shape index (κ1) is 26.5. The van der Waals surface area contributed by atoms with Gasteiger partial charge in [-0.25, -0.2) is 4.79 Å². The molecule has 3 atom stereocenters. The quantitative estimate of drug-likeness (QED) is 0.438. The maximum Gasteiger partial charge on any atom is 0.338 e. The minimum absolute atomic E-state index is 0.0507. The molecule has 0 saturated heterocycles. The molecule has 9 nitrogen and oxygen atoms in total. The normalized spacial score (nSPS) is 21.1. The molecule has 5 rings (SSSR count). The van der Waals surface area contributed by atoms with Gasteiger partial charge in [-0.3, -0.25) is 0 Å². The number of hydrogen-bond acceptors (Lipinski definition) is 9. The Hall–Kier alpha value is -4.11. The SMILES string of the molecule is COc1cc2c(c(OC)c1OC)-c1c(cc3c(c1OC)OCO3)C[C@H](C)[C@@](C)(O)[C@@H]2OC(=O)c1ccccc1. The number of methoxy groups -OCH3 is 4. The predicted molar refractivity (Wildman–Crippen MR) is 142 cm³/mol. The highest BCUT2D eigenvalue weighted by molar-refractivity contribution is 5.91. The predicted octanol–water partition coefficient (Wildman–Crippen LogP) is 4.96. The van der Waals surface area contributed by atoms with Gasteiger partial charge < -0.3 is 38.3 Å². The average molecular weight is 537 g/mol. The topological polar surface area (TPSA) is 102 Å². The summed E-state index contributed by atoms with van der Waals surface area (Å²) in [5.41, 5.74) is 1.34. The summed E-state index contributed by atoms with van der Waals surface area (Å²) >= 11 is 0. The maximum absolute atomic E-state index is 13.4. The highest BCUT2D eigenvalue weighted by atomic mass is 16.7. The fourth-order valence-corrected chi connectivity index (χ4v) is 5.37. The Labute approximate surface area is 227 Å². The van der Waals surface area contributed by atoms with Crippen molar-refractivity contribution in [3.63, 3.8) is 0 Å². The third kappa shape index (κ3) is 4.27. The Kier molecular flexibility index (Phi) is 6.94. The van der Waals surface area contributed by atoms with Crippen molar-refractivity contribution in [1.82, 2.24) is 0 Å². The molecule has 0 amide bonds. The molecule has 0 spiro atoms. The molecule has 9 heteroatoms. The first-order chi connectivity index (χ1) is 18.8. The van der Waals surface area contributed by atoms with E-state index in [2.05, 4.69) is 0 Å². The van der Waals surface area contributed by atoms with E-state index in [0.717, 1.165) is 5.56 Å². The molecule has 1 aliphatic carbocycles. The van der Waals surface area contributed by atoms with Crippen LogP contribution < -0.4 is 28.4 Å². The number of ether oxygens (including phenoxy) is 7. The van der Waals surface area contributed by atoms with Crippen LogP contribution in [0.3, 0.4) is 0 Å². The van der Waals surface area contributed by atoms with Gasteiger partial charge >= 0.3 is 5.97 Å². The van der Waals surface area contributed by atoms with Crippen LogP contribution in [-0.4, -0.2) is 51.9 Å². The smallest absolute Gasteiger partial charge is 0.338 e. The van der Waals surface area contributed by atoms with Gasteiger partial charge in [0.15, 0.2) is 29.1 Å². The maximum atomic E-state index is 13.4. The zero-order chi connectivity index (χ0) is 27.9. The van der Waals surface area contributed by atoms with Crippen molar-refractivity contribution in [1.29, 1.82) is 0 Å². The fourth-order valence-electron chi connectivity index (χ4n) is 5.37. The molecule has 1 N–H and O–H groups in total. The van der Waals surface area contributed by atoms with E-state index in [-0.39, 0.29) is 12.7 Å². The van der Waals surface area contributed by atoms with Gasteiger partial charge in [-0.2, -0.15) is 0 Å². The summed E-state index contributed by atoms with van der Waals surface area (Å²) in [6.07, 6.45) is -0.710. The standard InChI is InChI=1S/C30H32O9/c1-16-12-18-13-21-25(38-15-37-21)26(35-5)22(18)23-19(14-20(33-3)24(34-4)27(23)36-6)28(30(16,2)32)39-29(31)17-10-8-7-9-11-17/h7-11,13-14,16,28,32H,12,15H2,1-6H3/t16-,28+,30+/m0/s1. The number of rotatable bonds is 6. The molecule has 0 bridgehead atoms. The van der Waals surface area contributed by atoms with Crippen molar-refractivity contribution in [3.05, 3.63) is 59.2 Å². The minimum Gasteiger partial charge on any atom is -0.493 e. The van der Waals surface area contributed by atoms with Crippen molar-refractivity contribution in [2.24, 2.45) is 5.92 Å². The first-order valence-electron chi connectivity index (χ1n) is 12.6. The van der Waals surface area contributed by atoms with Gasteiger partial charge in [-0.05, 0) is 49.1 Å². The second-order valence-electron chi connectivity index (χ2n) is 9.77. The number of esters is 1. The molecule has 0 aromatic heterocycles. The first-order valence-corrected chi connectivity index (χ1v) is 12.6. The third-order valence-corrected chi connectivity index (χ3v) is 7.59. The van der Waals surface area contributed by atoms with Crippen LogP contribution in [0.1, 0.15) is 41.4 Å². The number of carbonyl (C=O) groups is 1. The number of benzene rings is 3. The van der Waals surface area contributed by atoms with Crippen molar-refractivity contribution >= 4 is 5.97 Å². The number of carbonyl (C=O) groups excluding carboxylic acids is 1. The van der Waals surface area contributed by atoms with Crippen molar-refractivity contribution in [2.75, 3.05) is 35.2 Å². The van der Waals surface area contributed by atoms with Crippen LogP contribution in [0, 0.1) is 5.92 Å². The summed E-state index contributed by atoms with van der Waals surface area (Å²) in [7, 11) is 6.08. The molecule has 1 heterocycles. The van der Waals surface area contributed by atoms with Gasteiger partial charge in [0.1, 0.15) is 5.60 Å². The zero-order valence-electron chi connectivity index (χ0n) is 22.8. The molecular weight excluding hydrogens is 504 g/mol. The Morgan fingerprint density at radius 1 is 0.923 bits per heavy atom. The van der Waals surface area contributed by atoms with Crippen LogP contribution in [0.5, 0.6) is 34.5 Å². The van der Waals surface area contributed by atoms with Gasteiger partial charge in [-0.15, -0.1) is 0 Å². The summed E-state index contributed by atoms with van der Waals surface area (Å²) in [6, 6.07) is 12.3. The van der Waals surface area contributed by atoms with E-state index in [1.807, 2.05) is 19.1 Å². The van der Waals surface area contributed by atoms with Crippen LogP contribution in [0.25, 0.3) is 11.1 Å².